The van der Waals surface area contributed by atoms with Gasteiger partial charge in [0.25, 0.3) is 0 Å². The number of nitrogens with zero attached hydrogens (tertiary/aromatic N) is 2. The molecule has 5 nitrogen and oxygen atoms in total. The molecular formula is C14H15F3N4O. The molecule has 22 heavy (non-hydrogen) atoms. The molecule has 2 aromatic rings. The lowest BCUT2D eigenvalue weighted by molar-refractivity contribution is -0.154. The van der Waals surface area contributed by atoms with Crippen LogP contribution >= 0.6 is 0 Å². The minimum atomic E-state index is -4.60. The molecule has 1 aromatic carbocycles. The number of halogens is 3. The number of alkyl halides is 3. The monoisotopic (exact) mass is 312 g/mol. The lowest BCUT2D eigenvalue weighted by atomic mass is 10.1. The van der Waals surface area contributed by atoms with Crippen molar-refractivity contribution in [2.75, 3.05) is 5.32 Å². The number of anilines is 1. The first-order chi connectivity index (χ1) is 10.3. The van der Waals surface area contributed by atoms with Crippen LogP contribution in [-0.2, 0) is 7.05 Å². The Labute approximate surface area is 125 Å². The molecule has 0 radical (unpaired) electrons. The number of aromatic nitrogens is 2. The summed E-state index contributed by atoms with van der Waals surface area (Å²) in [5, 5.41) is 8.30. The van der Waals surface area contributed by atoms with Crippen molar-refractivity contribution >= 4 is 11.8 Å². The highest BCUT2D eigenvalue weighted by atomic mass is 19.4. The molecule has 0 fully saturated rings. The van der Waals surface area contributed by atoms with Crippen LogP contribution < -0.4 is 10.6 Å². The van der Waals surface area contributed by atoms with Crippen molar-refractivity contribution in [3.63, 3.8) is 0 Å². The maximum atomic E-state index is 13.1. The minimum Gasteiger partial charge on any atom is -0.322 e. The molecule has 2 rings (SSSR count). The topological polar surface area (TPSA) is 59.0 Å². The van der Waals surface area contributed by atoms with Gasteiger partial charge in [0.1, 0.15) is 5.82 Å². The van der Waals surface area contributed by atoms with Crippen LogP contribution in [-0.4, -0.2) is 22.0 Å². The van der Waals surface area contributed by atoms with Crippen molar-refractivity contribution < 1.29 is 18.0 Å². The molecular weight excluding hydrogens is 297 g/mol. The zero-order chi connectivity index (χ0) is 16.3. The van der Waals surface area contributed by atoms with Gasteiger partial charge in [-0.05, 0) is 12.5 Å². The number of nitrogens with one attached hydrogen (secondary N) is 2. The zero-order valence-corrected chi connectivity index (χ0v) is 12.0. The van der Waals surface area contributed by atoms with E-state index in [1.165, 1.54) is 28.9 Å². The molecule has 0 unspecified atom stereocenters. The van der Waals surface area contributed by atoms with E-state index in [4.69, 9.17) is 0 Å². The first-order valence-corrected chi connectivity index (χ1v) is 6.47. The van der Waals surface area contributed by atoms with Crippen molar-refractivity contribution in [2.24, 2.45) is 7.05 Å². The van der Waals surface area contributed by atoms with Gasteiger partial charge in [0, 0.05) is 13.1 Å². The number of benzene rings is 1. The van der Waals surface area contributed by atoms with E-state index in [2.05, 4.69) is 10.4 Å². The van der Waals surface area contributed by atoms with Crippen LogP contribution in [0.25, 0.3) is 0 Å². The molecule has 0 spiro atoms. The second-order valence-corrected chi connectivity index (χ2v) is 4.78. The third-order valence-electron chi connectivity index (χ3n) is 2.98. The molecule has 0 aliphatic heterocycles. The van der Waals surface area contributed by atoms with Crippen molar-refractivity contribution in [2.45, 2.75) is 19.1 Å². The fourth-order valence-corrected chi connectivity index (χ4v) is 2.01. The van der Waals surface area contributed by atoms with Crippen LogP contribution in [0, 0.1) is 6.92 Å². The Bertz CT molecular complexity index is 652. The molecule has 2 amide bonds. The Kier molecular flexibility index (Phi) is 4.39. The lowest BCUT2D eigenvalue weighted by Crippen LogP contribution is -2.40. The molecule has 0 bridgehead atoms. The lowest BCUT2D eigenvalue weighted by Gasteiger charge is -2.22. The van der Waals surface area contributed by atoms with Gasteiger partial charge >= 0.3 is 12.2 Å². The number of rotatable bonds is 3. The summed E-state index contributed by atoms with van der Waals surface area (Å²) in [7, 11) is 1.58. The summed E-state index contributed by atoms with van der Waals surface area (Å²) in [6.45, 7) is 1.71. The molecule has 1 aromatic heterocycles. The Morgan fingerprint density at radius 1 is 1.27 bits per heavy atom. The first kappa shape index (κ1) is 15.9. The Morgan fingerprint density at radius 2 is 1.91 bits per heavy atom. The highest BCUT2D eigenvalue weighted by Crippen LogP contribution is 2.32. The number of amides is 2. The zero-order valence-electron chi connectivity index (χ0n) is 12.0. The van der Waals surface area contributed by atoms with Crippen LogP contribution in [0.5, 0.6) is 0 Å². The van der Waals surface area contributed by atoms with E-state index in [0.717, 1.165) is 0 Å². The van der Waals surface area contributed by atoms with E-state index >= 15 is 0 Å². The molecule has 0 aliphatic carbocycles. The molecule has 0 aliphatic rings. The summed E-state index contributed by atoms with van der Waals surface area (Å²) < 4.78 is 40.8. The third-order valence-corrected chi connectivity index (χ3v) is 2.98. The van der Waals surface area contributed by atoms with Gasteiger partial charge in [-0.1, -0.05) is 30.3 Å². The summed E-state index contributed by atoms with van der Waals surface area (Å²) in [4.78, 5) is 11.8. The van der Waals surface area contributed by atoms with Gasteiger partial charge in [0.15, 0.2) is 6.04 Å². The predicted octanol–water partition coefficient (Wildman–Crippen LogP) is 3.15. The van der Waals surface area contributed by atoms with Gasteiger partial charge in [-0.2, -0.15) is 18.3 Å². The van der Waals surface area contributed by atoms with Gasteiger partial charge in [-0.25, -0.2) is 4.79 Å². The Morgan fingerprint density at radius 3 is 2.41 bits per heavy atom. The second kappa shape index (κ2) is 6.08. The van der Waals surface area contributed by atoms with E-state index in [1.807, 2.05) is 5.32 Å². The smallest absolute Gasteiger partial charge is 0.322 e. The van der Waals surface area contributed by atoms with Crippen LogP contribution in [0.2, 0.25) is 0 Å². The van der Waals surface area contributed by atoms with Crippen LogP contribution in [0.4, 0.5) is 23.8 Å². The number of carbonyl (C=O) groups is 1. The van der Waals surface area contributed by atoms with Crippen molar-refractivity contribution in [3.05, 3.63) is 47.7 Å². The maximum Gasteiger partial charge on any atom is 0.412 e. The second-order valence-electron chi connectivity index (χ2n) is 4.78. The number of carbonyl (C=O) groups excluding carboxylic acids is 1. The van der Waals surface area contributed by atoms with E-state index in [1.54, 1.807) is 26.1 Å². The first-order valence-electron chi connectivity index (χ1n) is 6.47. The van der Waals surface area contributed by atoms with Crippen LogP contribution in [0.15, 0.2) is 36.4 Å². The fourth-order valence-electron chi connectivity index (χ4n) is 2.01. The van der Waals surface area contributed by atoms with Crippen molar-refractivity contribution in [1.82, 2.24) is 15.1 Å². The van der Waals surface area contributed by atoms with E-state index in [-0.39, 0.29) is 5.56 Å². The summed E-state index contributed by atoms with van der Waals surface area (Å²) in [6.07, 6.45) is -4.60. The quantitative estimate of drug-likeness (QED) is 0.914. The summed E-state index contributed by atoms with van der Waals surface area (Å²) in [6, 6.07) is 5.73. The summed E-state index contributed by atoms with van der Waals surface area (Å²) >= 11 is 0. The standard InChI is InChI=1S/C14H15F3N4O/c1-9-8-11(21(2)20-9)18-13(22)19-12(14(15,16)17)10-6-4-3-5-7-10/h3-8,12H,1-2H3,(H2,18,19,22)/t12-/m1/s1. The van der Waals surface area contributed by atoms with Crippen LogP contribution in [0.1, 0.15) is 17.3 Å². The normalized spacial score (nSPS) is 12.8. The molecule has 1 atom stereocenters. The molecule has 8 heteroatoms. The molecule has 2 N–H and O–H groups in total. The highest BCUT2D eigenvalue weighted by molar-refractivity contribution is 5.88. The van der Waals surface area contributed by atoms with Gasteiger partial charge in [0.2, 0.25) is 0 Å². The van der Waals surface area contributed by atoms with Gasteiger partial charge < -0.3 is 5.32 Å². The maximum absolute atomic E-state index is 13.1. The predicted molar refractivity (Wildman–Crippen MR) is 75.3 cm³/mol. The van der Waals surface area contributed by atoms with E-state index in [9.17, 15) is 18.0 Å². The van der Waals surface area contributed by atoms with Crippen LogP contribution in [0.3, 0.4) is 0 Å². The largest absolute Gasteiger partial charge is 0.412 e. The SMILES string of the molecule is Cc1cc(NC(=O)N[C@H](c2ccccc2)C(F)(F)F)n(C)n1. The Balaban J connectivity index is 2.14. The third kappa shape index (κ3) is 3.78. The van der Waals surface area contributed by atoms with Gasteiger partial charge in [-0.3, -0.25) is 10.00 Å². The van der Waals surface area contributed by atoms with Gasteiger partial charge in [0.05, 0.1) is 5.69 Å². The molecule has 1 heterocycles. The number of aryl methyl sites for hydroxylation is 2. The highest BCUT2D eigenvalue weighted by Gasteiger charge is 2.41. The molecule has 118 valence electrons. The van der Waals surface area contributed by atoms with Gasteiger partial charge in [-0.15, -0.1) is 0 Å². The van der Waals surface area contributed by atoms with Crippen molar-refractivity contribution in [1.29, 1.82) is 0 Å². The molecule has 0 saturated carbocycles. The minimum absolute atomic E-state index is 0.0358. The Hall–Kier alpha value is -2.51. The number of urea groups is 1. The average Bonchev–Trinajstić information content (AvgIpc) is 2.74. The van der Waals surface area contributed by atoms with Crippen molar-refractivity contribution in [3.8, 4) is 0 Å². The fraction of sp³-hybridized carbons (Fsp3) is 0.286. The number of hydrogen-bond donors (Lipinski definition) is 2. The molecule has 0 saturated heterocycles. The average molecular weight is 312 g/mol. The number of hydrogen-bond acceptors (Lipinski definition) is 2. The summed E-state index contributed by atoms with van der Waals surface area (Å²) in [5.74, 6) is 0.309. The van der Waals surface area contributed by atoms with E-state index in [0.29, 0.717) is 11.5 Å². The summed E-state index contributed by atoms with van der Waals surface area (Å²) in [5.41, 5.74) is 0.611. The van der Waals surface area contributed by atoms with E-state index < -0.39 is 18.2 Å².